The number of carbonyl (C=O) groups is 4. The molecule has 2 aromatic carbocycles. The first-order valence-corrected chi connectivity index (χ1v) is 13.5. The Kier molecular flexibility index (Phi) is 10.7. The number of anilines is 3. The summed E-state index contributed by atoms with van der Waals surface area (Å²) in [5, 5.41) is 10.0. The third-order valence-corrected chi connectivity index (χ3v) is 6.87. The highest BCUT2D eigenvalue weighted by Gasteiger charge is 2.12. The van der Waals surface area contributed by atoms with E-state index < -0.39 is 0 Å². The molecule has 3 rings (SSSR count). The molecule has 11 heteroatoms. The van der Waals surface area contributed by atoms with Crippen LogP contribution in [0.25, 0.3) is 0 Å². The number of nitrogens with zero attached hydrogens (tertiary/aromatic N) is 1. The van der Waals surface area contributed by atoms with Gasteiger partial charge in [0.2, 0.25) is 17.7 Å². The fourth-order valence-electron chi connectivity index (χ4n) is 3.09. The number of aromatic nitrogens is 1. The highest BCUT2D eigenvalue weighted by Crippen LogP contribution is 2.24. The number of hydrogen-bond acceptors (Lipinski definition) is 8. The molecule has 0 radical (unpaired) electrons. The smallest absolute Gasteiger partial charge is 0.338 e. The van der Waals surface area contributed by atoms with Gasteiger partial charge in [0.25, 0.3) is 0 Å². The Balaban J connectivity index is 1.43. The van der Waals surface area contributed by atoms with Crippen molar-refractivity contribution in [3.8, 4) is 0 Å². The topological polar surface area (TPSA) is 126 Å². The molecule has 0 saturated heterocycles. The van der Waals surface area contributed by atoms with E-state index in [0.29, 0.717) is 39.3 Å². The van der Waals surface area contributed by atoms with Crippen LogP contribution in [0.1, 0.15) is 42.7 Å². The largest absolute Gasteiger partial charge is 0.462 e. The Labute approximate surface area is 223 Å². The normalized spacial score (nSPS) is 10.4. The van der Waals surface area contributed by atoms with Gasteiger partial charge in [0.15, 0.2) is 4.34 Å². The summed E-state index contributed by atoms with van der Waals surface area (Å²) < 4.78 is 5.85. The van der Waals surface area contributed by atoms with E-state index in [2.05, 4.69) is 20.9 Å². The Hall–Kier alpha value is -3.70. The molecule has 1 heterocycles. The van der Waals surface area contributed by atoms with Crippen LogP contribution in [0.15, 0.2) is 58.3 Å². The van der Waals surface area contributed by atoms with E-state index in [4.69, 9.17) is 4.74 Å². The summed E-state index contributed by atoms with van der Waals surface area (Å²) in [7, 11) is 0. The molecule has 3 aromatic rings. The summed E-state index contributed by atoms with van der Waals surface area (Å²) in [4.78, 5) is 52.3. The van der Waals surface area contributed by atoms with Crippen LogP contribution in [-0.4, -0.2) is 41.0 Å². The van der Waals surface area contributed by atoms with Crippen molar-refractivity contribution in [1.82, 2.24) is 4.98 Å². The number of amides is 3. The zero-order chi connectivity index (χ0) is 26.6. The number of ether oxygens (including phenoxy) is 1. The van der Waals surface area contributed by atoms with Crippen LogP contribution < -0.4 is 16.0 Å². The van der Waals surface area contributed by atoms with E-state index >= 15 is 0 Å². The van der Waals surface area contributed by atoms with Crippen LogP contribution in [0.4, 0.5) is 17.1 Å². The lowest BCUT2D eigenvalue weighted by atomic mass is 10.2. The van der Waals surface area contributed by atoms with Crippen LogP contribution in [0.2, 0.25) is 0 Å². The third-order valence-electron chi connectivity index (χ3n) is 4.80. The molecule has 0 unspecified atom stereocenters. The Morgan fingerprint density at radius 1 is 0.946 bits per heavy atom. The molecule has 0 bridgehead atoms. The second kappa shape index (κ2) is 14.1. The zero-order valence-electron chi connectivity index (χ0n) is 20.5. The van der Waals surface area contributed by atoms with Crippen molar-refractivity contribution < 1.29 is 23.9 Å². The van der Waals surface area contributed by atoms with Gasteiger partial charge in [-0.3, -0.25) is 14.4 Å². The minimum Gasteiger partial charge on any atom is -0.462 e. The molecule has 3 N–H and O–H groups in total. The van der Waals surface area contributed by atoms with Gasteiger partial charge in [-0.25, -0.2) is 9.78 Å². The first kappa shape index (κ1) is 27.9. The van der Waals surface area contributed by atoms with Crippen molar-refractivity contribution in [2.75, 3.05) is 28.3 Å². The van der Waals surface area contributed by atoms with E-state index in [0.717, 1.165) is 12.8 Å². The molecule has 0 fully saturated rings. The van der Waals surface area contributed by atoms with E-state index in [1.54, 1.807) is 53.9 Å². The second-order valence-electron chi connectivity index (χ2n) is 8.00. The Morgan fingerprint density at radius 3 is 2.35 bits per heavy atom. The van der Waals surface area contributed by atoms with Crippen LogP contribution in [0, 0.1) is 0 Å². The van der Waals surface area contributed by atoms with Gasteiger partial charge in [-0.05, 0) is 48.9 Å². The van der Waals surface area contributed by atoms with Crippen LogP contribution in [-0.2, 0) is 25.5 Å². The summed E-state index contributed by atoms with van der Waals surface area (Å²) in [6.45, 7) is 3.83. The summed E-state index contributed by atoms with van der Waals surface area (Å²) in [5.41, 5.74) is 2.78. The fourth-order valence-corrected chi connectivity index (χ4v) is 4.73. The first-order chi connectivity index (χ1) is 17.8. The molecule has 0 spiro atoms. The number of thioether (sulfide) groups is 1. The number of thiazole rings is 1. The molecule has 194 valence electrons. The summed E-state index contributed by atoms with van der Waals surface area (Å²) in [6.07, 6.45) is 1.85. The Morgan fingerprint density at radius 2 is 1.65 bits per heavy atom. The van der Waals surface area contributed by atoms with Crippen molar-refractivity contribution in [2.45, 2.75) is 37.4 Å². The van der Waals surface area contributed by atoms with Crippen molar-refractivity contribution in [1.29, 1.82) is 0 Å². The first-order valence-electron chi connectivity index (χ1n) is 11.6. The lowest BCUT2D eigenvalue weighted by Crippen LogP contribution is -2.15. The van der Waals surface area contributed by atoms with Gasteiger partial charge >= 0.3 is 5.97 Å². The number of esters is 1. The van der Waals surface area contributed by atoms with Crippen molar-refractivity contribution in [3.63, 3.8) is 0 Å². The molecule has 0 aliphatic heterocycles. The quantitative estimate of drug-likeness (QED) is 0.168. The summed E-state index contributed by atoms with van der Waals surface area (Å²) >= 11 is 2.64. The molecule has 0 atom stereocenters. The molecule has 1 aromatic heterocycles. The second-order valence-corrected chi connectivity index (χ2v) is 10.1. The molecule has 3 amide bonds. The number of rotatable bonds is 12. The maximum atomic E-state index is 12.4. The van der Waals surface area contributed by atoms with Gasteiger partial charge < -0.3 is 20.7 Å². The van der Waals surface area contributed by atoms with E-state index in [1.165, 1.54) is 30.0 Å². The minimum atomic E-state index is -0.383. The van der Waals surface area contributed by atoms with Gasteiger partial charge in [0.1, 0.15) is 0 Å². The molecule has 9 nitrogen and oxygen atoms in total. The van der Waals surface area contributed by atoms with Gasteiger partial charge in [-0.15, -0.1) is 11.3 Å². The van der Waals surface area contributed by atoms with E-state index in [1.807, 2.05) is 6.92 Å². The fraction of sp³-hybridized carbons (Fsp3) is 0.269. The number of unbranched alkanes of at least 4 members (excludes halogenated alkanes) is 1. The van der Waals surface area contributed by atoms with Gasteiger partial charge in [0.05, 0.1) is 30.0 Å². The van der Waals surface area contributed by atoms with Crippen LogP contribution >= 0.6 is 23.1 Å². The third kappa shape index (κ3) is 9.70. The Bertz CT molecular complexity index is 1240. The van der Waals surface area contributed by atoms with Crippen LogP contribution in [0.5, 0.6) is 0 Å². The zero-order valence-corrected chi connectivity index (χ0v) is 22.2. The minimum absolute atomic E-state index is 0.0833. The number of benzene rings is 2. The molecule has 0 aliphatic rings. The maximum Gasteiger partial charge on any atom is 0.338 e. The lowest BCUT2D eigenvalue weighted by Gasteiger charge is -2.07. The maximum absolute atomic E-state index is 12.4. The average Bonchev–Trinajstić information content (AvgIpc) is 3.30. The highest BCUT2D eigenvalue weighted by molar-refractivity contribution is 8.01. The predicted octanol–water partition coefficient (Wildman–Crippen LogP) is 4.97. The lowest BCUT2D eigenvalue weighted by molar-refractivity contribution is -0.116. The number of carbonyl (C=O) groups excluding carboxylic acids is 4. The van der Waals surface area contributed by atoms with Gasteiger partial charge in [-0.2, -0.15) is 0 Å². The summed E-state index contributed by atoms with van der Waals surface area (Å²) in [6, 6.07) is 13.4. The van der Waals surface area contributed by atoms with Crippen molar-refractivity contribution >= 4 is 63.9 Å². The van der Waals surface area contributed by atoms with Crippen molar-refractivity contribution in [3.05, 3.63) is 65.2 Å². The molecule has 37 heavy (non-hydrogen) atoms. The SMILES string of the molecule is CCCCOC(=O)c1ccc(NC(=O)Cc2csc(SCC(=O)Nc3cccc(NC(C)=O)c3)n2)cc1. The van der Waals surface area contributed by atoms with E-state index in [-0.39, 0.29) is 35.9 Å². The standard InChI is InChI=1S/C26H28N4O5S2/c1-3-4-12-35-25(34)18-8-10-19(11-9-18)28-23(32)14-22-15-36-26(30-22)37-16-24(33)29-21-7-5-6-20(13-21)27-17(2)31/h5-11,13,15H,3-4,12,14,16H2,1-2H3,(H,27,31)(H,28,32)(H,29,33). The average molecular weight is 541 g/mol. The molecular weight excluding hydrogens is 512 g/mol. The van der Waals surface area contributed by atoms with Crippen LogP contribution in [0.3, 0.4) is 0 Å². The molecular formula is C26H28N4O5S2. The number of hydrogen-bond donors (Lipinski definition) is 3. The highest BCUT2D eigenvalue weighted by atomic mass is 32.2. The van der Waals surface area contributed by atoms with Crippen molar-refractivity contribution in [2.24, 2.45) is 0 Å². The monoisotopic (exact) mass is 540 g/mol. The van der Waals surface area contributed by atoms with Gasteiger partial charge in [0, 0.05) is 29.4 Å². The predicted molar refractivity (Wildman–Crippen MR) is 146 cm³/mol. The number of nitrogens with one attached hydrogen (secondary N) is 3. The van der Waals surface area contributed by atoms with E-state index in [9.17, 15) is 19.2 Å². The molecule has 0 saturated carbocycles. The molecule has 0 aliphatic carbocycles. The summed E-state index contributed by atoms with van der Waals surface area (Å²) in [5.74, 6) is -0.874. The van der Waals surface area contributed by atoms with Gasteiger partial charge in [-0.1, -0.05) is 31.2 Å².